The summed E-state index contributed by atoms with van der Waals surface area (Å²) >= 11 is 0. The lowest BCUT2D eigenvalue weighted by Crippen LogP contribution is -2.42. The summed E-state index contributed by atoms with van der Waals surface area (Å²) in [6.07, 6.45) is 0.951. The van der Waals surface area contributed by atoms with Crippen molar-refractivity contribution in [1.82, 2.24) is 4.31 Å². The van der Waals surface area contributed by atoms with Crippen molar-refractivity contribution in [3.8, 4) is 0 Å². The topological polar surface area (TPSA) is 101 Å². The normalized spacial score (nSPS) is 19.0. The Morgan fingerprint density at radius 2 is 1.96 bits per heavy atom. The molecule has 7 nitrogen and oxygen atoms in total. The average molecular weight is 355 g/mol. The van der Waals surface area contributed by atoms with Gasteiger partial charge in [-0.15, -0.1) is 0 Å². The first-order valence-electron chi connectivity index (χ1n) is 7.61. The molecule has 1 heterocycles. The van der Waals surface area contributed by atoms with Gasteiger partial charge in [0.25, 0.3) is 0 Å². The zero-order valence-corrected chi connectivity index (χ0v) is 14.7. The number of nitrogens with zero attached hydrogens (tertiary/aromatic N) is 1. The summed E-state index contributed by atoms with van der Waals surface area (Å²) in [6.45, 7) is 3.60. The van der Waals surface area contributed by atoms with Gasteiger partial charge in [-0.1, -0.05) is 0 Å². The number of hydrogen-bond acceptors (Lipinski definition) is 5. The second kappa shape index (κ2) is 6.90. The lowest BCUT2D eigenvalue weighted by Gasteiger charge is -2.30. The van der Waals surface area contributed by atoms with Crippen LogP contribution in [0.4, 0.5) is 0 Å². The highest BCUT2D eigenvalue weighted by atomic mass is 32.2. The van der Waals surface area contributed by atoms with Crippen LogP contribution in [0.5, 0.6) is 0 Å². The molecule has 1 unspecified atom stereocenters. The Kier molecular flexibility index (Phi) is 5.29. The predicted molar refractivity (Wildman–Crippen MR) is 86.4 cm³/mol. The van der Waals surface area contributed by atoms with Gasteiger partial charge >= 0.3 is 11.9 Å². The summed E-state index contributed by atoms with van der Waals surface area (Å²) in [5.41, 5.74) is 1.36. The molecule has 1 aliphatic heterocycles. The van der Waals surface area contributed by atoms with Crippen LogP contribution in [0.25, 0.3) is 0 Å². The minimum absolute atomic E-state index is 0.0222. The number of aliphatic carboxylic acids is 1. The van der Waals surface area contributed by atoms with E-state index in [-0.39, 0.29) is 23.5 Å². The van der Waals surface area contributed by atoms with Crippen LogP contribution in [0, 0.1) is 19.8 Å². The van der Waals surface area contributed by atoms with Gasteiger partial charge in [-0.3, -0.25) is 4.79 Å². The van der Waals surface area contributed by atoms with Crippen LogP contribution in [-0.4, -0.2) is 50.0 Å². The fraction of sp³-hybridized carbons (Fsp3) is 0.500. The molecule has 1 fully saturated rings. The number of esters is 1. The molecule has 2 rings (SSSR count). The van der Waals surface area contributed by atoms with Gasteiger partial charge in [-0.2, -0.15) is 4.31 Å². The summed E-state index contributed by atoms with van der Waals surface area (Å²) < 4.78 is 31.8. The molecule has 0 spiro atoms. The molecule has 1 atom stereocenters. The Hall–Kier alpha value is -1.93. The summed E-state index contributed by atoms with van der Waals surface area (Å²) in [5.74, 6) is -2.32. The largest absolute Gasteiger partial charge is 0.481 e. The van der Waals surface area contributed by atoms with Gasteiger partial charge < -0.3 is 9.84 Å². The first-order valence-corrected chi connectivity index (χ1v) is 9.05. The lowest BCUT2D eigenvalue weighted by atomic mass is 10.0. The standard InChI is InChI=1S/C16H21NO6S/c1-10-7-13(16(20)23-3)8-14(11(10)2)24(21,22)17-6-4-5-12(9-17)15(18)19/h7-8,12H,4-6,9H2,1-3H3,(H,18,19). The lowest BCUT2D eigenvalue weighted by molar-refractivity contribution is -0.142. The first kappa shape index (κ1) is 18.4. The third-order valence-corrected chi connectivity index (χ3v) is 6.38. The molecule has 1 aromatic carbocycles. The van der Waals surface area contributed by atoms with Crippen LogP contribution in [0.3, 0.4) is 0 Å². The van der Waals surface area contributed by atoms with Crippen molar-refractivity contribution in [2.75, 3.05) is 20.2 Å². The van der Waals surface area contributed by atoms with Crippen LogP contribution < -0.4 is 0 Å². The Morgan fingerprint density at radius 3 is 2.54 bits per heavy atom. The number of methoxy groups -OCH3 is 1. The highest BCUT2D eigenvalue weighted by Crippen LogP contribution is 2.28. The Morgan fingerprint density at radius 1 is 1.29 bits per heavy atom. The second-order valence-corrected chi connectivity index (χ2v) is 7.85. The zero-order chi connectivity index (χ0) is 18.1. The number of sulfonamides is 1. The minimum atomic E-state index is -3.88. The molecule has 0 aromatic heterocycles. The van der Waals surface area contributed by atoms with Crippen LogP contribution in [0.2, 0.25) is 0 Å². The van der Waals surface area contributed by atoms with Crippen molar-refractivity contribution in [3.05, 3.63) is 28.8 Å². The van der Waals surface area contributed by atoms with Crippen molar-refractivity contribution in [2.24, 2.45) is 5.92 Å². The number of carboxylic acid groups (broad SMARTS) is 1. The van der Waals surface area contributed by atoms with E-state index in [2.05, 4.69) is 4.74 Å². The van der Waals surface area contributed by atoms with Crippen molar-refractivity contribution in [3.63, 3.8) is 0 Å². The Balaban J connectivity index is 2.47. The van der Waals surface area contributed by atoms with Crippen LogP contribution in [-0.2, 0) is 19.6 Å². The van der Waals surface area contributed by atoms with Gasteiger partial charge in [0.1, 0.15) is 0 Å². The molecule has 1 saturated heterocycles. The third-order valence-electron chi connectivity index (χ3n) is 4.39. The molecule has 1 aromatic rings. The van der Waals surface area contributed by atoms with Crippen LogP contribution in [0.15, 0.2) is 17.0 Å². The molecular formula is C16H21NO6S. The SMILES string of the molecule is COC(=O)c1cc(C)c(C)c(S(=O)(=O)N2CCCC(C(=O)O)C2)c1. The summed E-state index contributed by atoms with van der Waals surface area (Å²) in [4.78, 5) is 23.0. The average Bonchev–Trinajstić information content (AvgIpc) is 2.56. The molecule has 0 saturated carbocycles. The summed E-state index contributed by atoms with van der Waals surface area (Å²) in [5, 5.41) is 9.16. The molecule has 1 N–H and O–H groups in total. The van der Waals surface area contributed by atoms with E-state index in [4.69, 9.17) is 5.11 Å². The van der Waals surface area contributed by atoms with Gasteiger partial charge in [-0.25, -0.2) is 13.2 Å². The first-order chi connectivity index (χ1) is 11.2. The summed E-state index contributed by atoms with van der Waals surface area (Å²) in [6, 6.07) is 2.88. The van der Waals surface area contributed by atoms with Gasteiger partial charge in [0.05, 0.1) is 23.5 Å². The maximum atomic E-state index is 13.0. The van der Waals surface area contributed by atoms with E-state index in [1.807, 2.05) is 0 Å². The fourth-order valence-corrected chi connectivity index (χ4v) is 4.68. The number of carbonyl (C=O) groups excluding carboxylic acids is 1. The zero-order valence-electron chi connectivity index (χ0n) is 13.9. The van der Waals surface area contributed by atoms with E-state index >= 15 is 0 Å². The molecule has 132 valence electrons. The maximum Gasteiger partial charge on any atom is 0.337 e. The van der Waals surface area contributed by atoms with Gasteiger partial charge in [-0.05, 0) is 49.9 Å². The molecule has 1 aliphatic rings. The van der Waals surface area contributed by atoms with E-state index in [0.29, 0.717) is 24.0 Å². The molecule has 0 amide bonds. The van der Waals surface area contributed by atoms with Gasteiger partial charge in [0.15, 0.2) is 0 Å². The smallest absolute Gasteiger partial charge is 0.337 e. The molecule has 8 heteroatoms. The Bertz CT molecular complexity index is 771. The third kappa shape index (κ3) is 3.44. The number of rotatable bonds is 4. The number of ether oxygens (including phenoxy) is 1. The molecule has 0 radical (unpaired) electrons. The Labute approximate surface area is 141 Å². The highest BCUT2D eigenvalue weighted by molar-refractivity contribution is 7.89. The van der Waals surface area contributed by atoms with E-state index in [1.165, 1.54) is 17.5 Å². The summed E-state index contributed by atoms with van der Waals surface area (Å²) in [7, 11) is -2.65. The number of aryl methyl sites for hydroxylation is 1. The maximum absolute atomic E-state index is 13.0. The molecule has 0 bridgehead atoms. The van der Waals surface area contributed by atoms with Crippen molar-refractivity contribution >= 4 is 22.0 Å². The van der Waals surface area contributed by atoms with Crippen molar-refractivity contribution < 1.29 is 27.9 Å². The van der Waals surface area contributed by atoms with E-state index in [0.717, 1.165) is 0 Å². The van der Waals surface area contributed by atoms with E-state index in [1.54, 1.807) is 19.9 Å². The monoisotopic (exact) mass is 355 g/mol. The predicted octanol–water partition coefficient (Wildman–Crippen LogP) is 1.58. The quantitative estimate of drug-likeness (QED) is 0.823. The van der Waals surface area contributed by atoms with E-state index < -0.39 is 27.9 Å². The molecule has 24 heavy (non-hydrogen) atoms. The number of carbonyl (C=O) groups is 2. The molecule has 0 aliphatic carbocycles. The minimum Gasteiger partial charge on any atom is -0.481 e. The van der Waals surface area contributed by atoms with E-state index in [9.17, 15) is 18.0 Å². The number of carboxylic acids is 1. The van der Waals surface area contributed by atoms with Gasteiger partial charge in [0, 0.05) is 13.1 Å². The van der Waals surface area contributed by atoms with Crippen LogP contribution in [0.1, 0.15) is 34.3 Å². The number of piperidine rings is 1. The van der Waals surface area contributed by atoms with Crippen molar-refractivity contribution in [1.29, 1.82) is 0 Å². The highest BCUT2D eigenvalue weighted by Gasteiger charge is 2.34. The van der Waals surface area contributed by atoms with Crippen LogP contribution >= 0.6 is 0 Å². The number of hydrogen-bond donors (Lipinski definition) is 1. The second-order valence-electron chi connectivity index (χ2n) is 5.95. The van der Waals surface area contributed by atoms with Gasteiger partial charge in [0.2, 0.25) is 10.0 Å². The number of benzene rings is 1. The fourth-order valence-electron chi connectivity index (χ4n) is 2.83. The molecular weight excluding hydrogens is 334 g/mol. The van der Waals surface area contributed by atoms with Crippen molar-refractivity contribution in [2.45, 2.75) is 31.6 Å².